The van der Waals surface area contributed by atoms with Crippen molar-refractivity contribution in [2.75, 3.05) is 18.5 Å². The normalized spacial score (nSPS) is 12.2. The molecule has 0 fully saturated rings. The lowest BCUT2D eigenvalue weighted by Gasteiger charge is -2.31. The Hall–Kier alpha value is -1.94. The average Bonchev–Trinajstić information content (AvgIpc) is 2.44. The molecule has 0 aromatic heterocycles. The molecular weight excluding hydrogens is 258 g/mol. The molecule has 2 rings (SSSR count). The molecular formula is C16H18F2N2. The van der Waals surface area contributed by atoms with Crippen LogP contribution in [0.4, 0.5) is 14.5 Å². The van der Waals surface area contributed by atoms with Crippen molar-refractivity contribution in [3.63, 3.8) is 0 Å². The monoisotopic (exact) mass is 276 g/mol. The van der Waals surface area contributed by atoms with Crippen LogP contribution in [-0.2, 0) is 0 Å². The molecule has 0 aliphatic heterocycles. The first-order valence-corrected chi connectivity index (χ1v) is 6.48. The van der Waals surface area contributed by atoms with Crippen LogP contribution < -0.4 is 10.6 Å². The highest BCUT2D eigenvalue weighted by Crippen LogP contribution is 2.29. The molecule has 0 spiro atoms. The number of aryl methyl sites for hydroxylation is 1. The van der Waals surface area contributed by atoms with Gasteiger partial charge in [0, 0.05) is 24.8 Å². The molecule has 0 aliphatic carbocycles. The van der Waals surface area contributed by atoms with Gasteiger partial charge in [-0.05, 0) is 36.8 Å². The van der Waals surface area contributed by atoms with E-state index in [2.05, 4.69) is 0 Å². The summed E-state index contributed by atoms with van der Waals surface area (Å²) in [5.74, 6) is -0.902. The average molecular weight is 276 g/mol. The van der Waals surface area contributed by atoms with Gasteiger partial charge in [-0.1, -0.05) is 18.2 Å². The van der Waals surface area contributed by atoms with Crippen molar-refractivity contribution in [3.05, 3.63) is 65.2 Å². The van der Waals surface area contributed by atoms with Gasteiger partial charge in [0.05, 0.1) is 6.04 Å². The molecule has 106 valence electrons. The summed E-state index contributed by atoms with van der Waals surface area (Å²) < 4.78 is 27.3. The number of benzene rings is 2. The fraction of sp³-hybridized carbons (Fsp3) is 0.250. The maximum absolute atomic E-state index is 13.9. The number of hydrogen-bond acceptors (Lipinski definition) is 2. The van der Waals surface area contributed by atoms with Crippen LogP contribution in [0.2, 0.25) is 0 Å². The molecule has 2 aromatic carbocycles. The van der Waals surface area contributed by atoms with Crippen molar-refractivity contribution < 1.29 is 8.78 Å². The minimum Gasteiger partial charge on any atom is -0.366 e. The molecule has 0 radical (unpaired) electrons. The molecule has 2 aromatic rings. The van der Waals surface area contributed by atoms with E-state index in [0.717, 1.165) is 23.4 Å². The predicted molar refractivity (Wildman–Crippen MR) is 77.7 cm³/mol. The summed E-state index contributed by atoms with van der Waals surface area (Å²) in [5, 5.41) is 0. The van der Waals surface area contributed by atoms with Crippen molar-refractivity contribution in [2.45, 2.75) is 13.0 Å². The Morgan fingerprint density at radius 3 is 2.50 bits per heavy atom. The van der Waals surface area contributed by atoms with E-state index >= 15 is 0 Å². The van der Waals surface area contributed by atoms with Crippen LogP contribution in [0.25, 0.3) is 0 Å². The molecule has 0 saturated carbocycles. The molecule has 1 unspecified atom stereocenters. The van der Waals surface area contributed by atoms with Gasteiger partial charge in [-0.3, -0.25) is 0 Å². The maximum Gasteiger partial charge on any atom is 0.128 e. The predicted octanol–water partition coefficient (Wildman–Crippen LogP) is 3.41. The fourth-order valence-corrected chi connectivity index (χ4v) is 2.39. The largest absolute Gasteiger partial charge is 0.366 e. The standard InChI is InChI=1S/C16H18F2N2/c1-11-5-3-4-6-15(11)20(2)16(10-19)13-9-12(17)7-8-14(13)18/h3-9,16H,10,19H2,1-2H3. The Balaban J connectivity index is 2.42. The van der Waals surface area contributed by atoms with Gasteiger partial charge in [-0.25, -0.2) is 8.78 Å². The number of likely N-dealkylation sites (N-methyl/N-ethyl adjacent to an activating group) is 1. The topological polar surface area (TPSA) is 29.3 Å². The lowest BCUT2D eigenvalue weighted by molar-refractivity contribution is 0.555. The second kappa shape index (κ2) is 6.01. The van der Waals surface area contributed by atoms with E-state index in [-0.39, 0.29) is 12.1 Å². The van der Waals surface area contributed by atoms with E-state index < -0.39 is 17.7 Å². The van der Waals surface area contributed by atoms with Gasteiger partial charge in [-0.15, -0.1) is 0 Å². The summed E-state index contributed by atoms with van der Waals surface area (Å²) in [7, 11) is 1.84. The molecule has 4 heteroatoms. The lowest BCUT2D eigenvalue weighted by Crippen LogP contribution is -2.31. The van der Waals surface area contributed by atoms with E-state index in [4.69, 9.17) is 5.73 Å². The van der Waals surface area contributed by atoms with Gasteiger partial charge in [0.25, 0.3) is 0 Å². The number of hydrogen-bond donors (Lipinski definition) is 1. The van der Waals surface area contributed by atoms with Crippen LogP contribution in [0.15, 0.2) is 42.5 Å². The third-order valence-electron chi connectivity index (χ3n) is 3.50. The third-order valence-corrected chi connectivity index (χ3v) is 3.50. The Bertz CT molecular complexity index is 599. The second-order valence-corrected chi connectivity index (χ2v) is 4.81. The van der Waals surface area contributed by atoms with Crippen LogP contribution in [-0.4, -0.2) is 13.6 Å². The first kappa shape index (κ1) is 14.5. The quantitative estimate of drug-likeness (QED) is 0.927. The van der Waals surface area contributed by atoms with Gasteiger partial charge in [0.1, 0.15) is 11.6 Å². The van der Waals surface area contributed by atoms with Crippen molar-refractivity contribution in [2.24, 2.45) is 5.73 Å². The molecule has 0 aliphatic rings. The Kier molecular flexibility index (Phi) is 4.35. The van der Waals surface area contributed by atoms with Crippen LogP contribution in [0.5, 0.6) is 0 Å². The number of halogens is 2. The molecule has 0 heterocycles. The van der Waals surface area contributed by atoms with Gasteiger partial charge < -0.3 is 10.6 Å². The zero-order valence-corrected chi connectivity index (χ0v) is 11.6. The zero-order valence-electron chi connectivity index (χ0n) is 11.6. The Labute approximate surface area is 117 Å². The van der Waals surface area contributed by atoms with Crippen LogP contribution in [0.1, 0.15) is 17.2 Å². The second-order valence-electron chi connectivity index (χ2n) is 4.81. The number of rotatable bonds is 4. The minimum absolute atomic E-state index is 0.200. The Morgan fingerprint density at radius 2 is 1.85 bits per heavy atom. The minimum atomic E-state index is -0.460. The molecule has 20 heavy (non-hydrogen) atoms. The molecule has 2 N–H and O–H groups in total. The van der Waals surface area contributed by atoms with E-state index in [9.17, 15) is 8.78 Å². The van der Waals surface area contributed by atoms with Crippen LogP contribution in [0, 0.1) is 18.6 Å². The summed E-state index contributed by atoms with van der Waals surface area (Å²) in [5.41, 5.74) is 8.07. The van der Waals surface area contributed by atoms with E-state index in [0.29, 0.717) is 0 Å². The molecule has 0 bridgehead atoms. The first-order valence-electron chi connectivity index (χ1n) is 6.48. The number of anilines is 1. The maximum atomic E-state index is 13.9. The molecule has 2 nitrogen and oxygen atoms in total. The van der Waals surface area contributed by atoms with Gasteiger partial charge >= 0.3 is 0 Å². The molecule has 0 saturated heterocycles. The number of nitrogens with two attached hydrogens (primary N) is 1. The highest BCUT2D eigenvalue weighted by molar-refractivity contribution is 5.54. The van der Waals surface area contributed by atoms with Gasteiger partial charge in [0.15, 0.2) is 0 Å². The number of para-hydroxylation sites is 1. The Morgan fingerprint density at radius 1 is 1.15 bits per heavy atom. The molecule has 1 atom stereocenters. The van der Waals surface area contributed by atoms with Crippen molar-refractivity contribution >= 4 is 5.69 Å². The summed E-state index contributed by atoms with van der Waals surface area (Å²) >= 11 is 0. The highest BCUT2D eigenvalue weighted by Gasteiger charge is 2.21. The van der Waals surface area contributed by atoms with Crippen molar-refractivity contribution in [1.82, 2.24) is 0 Å². The van der Waals surface area contributed by atoms with Crippen molar-refractivity contribution in [1.29, 1.82) is 0 Å². The summed E-state index contributed by atoms with van der Waals surface area (Å²) in [4.78, 5) is 1.88. The van der Waals surface area contributed by atoms with Crippen molar-refractivity contribution in [3.8, 4) is 0 Å². The smallest absolute Gasteiger partial charge is 0.128 e. The molecule has 0 amide bonds. The third kappa shape index (κ3) is 2.80. The SMILES string of the molecule is Cc1ccccc1N(C)C(CN)c1cc(F)ccc1F. The van der Waals surface area contributed by atoms with Crippen LogP contribution >= 0.6 is 0 Å². The number of nitrogens with zero attached hydrogens (tertiary/aromatic N) is 1. The summed E-state index contributed by atoms with van der Waals surface area (Å²) in [6.07, 6.45) is 0. The highest BCUT2D eigenvalue weighted by atomic mass is 19.1. The van der Waals surface area contributed by atoms with Gasteiger partial charge in [-0.2, -0.15) is 0 Å². The summed E-state index contributed by atoms with van der Waals surface area (Å²) in [6, 6.07) is 10.8. The summed E-state index contributed by atoms with van der Waals surface area (Å²) in [6.45, 7) is 2.17. The van der Waals surface area contributed by atoms with E-state index in [1.165, 1.54) is 6.07 Å². The zero-order chi connectivity index (χ0) is 14.7. The lowest BCUT2D eigenvalue weighted by atomic mass is 10.0. The van der Waals surface area contributed by atoms with Crippen LogP contribution in [0.3, 0.4) is 0 Å². The van der Waals surface area contributed by atoms with E-state index in [1.807, 2.05) is 43.1 Å². The first-order chi connectivity index (χ1) is 9.54. The van der Waals surface area contributed by atoms with E-state index in [1.54, 1.807) is 0 Å². The van der Waals surface area contributed by atoms with Gasteiger partial charge in [0.2, 0.25) is 0 Å². The fourth-order valence-electron chi connectivity index (χ4n) is 2.39.